The van der Waals surface area contributed by atoms with Crippen LogP contribution in [0.15, 0.2) is 23.8 Å². The molecule has 9 heteroatoms. The van der Waals surface area contributed by atoms with Gasteiger partial charge in [0.25, 0.3) is 0 Å². The average molecular weight is 525 g/mol. The second-order valence-electron chi connectivity index (χ2n) is 11.4. The molecular formula is C28H44O9. The first kappa shape index (κ1) is 29.8. The molecular weight excluding hydrogens is 480 g/mol. The standard InChI is InChI=1S/C28H44O9/c1-8-15(4)26(33)36-25-19(13-34-17(6)29)35-27(23(32)22(25)31)37-24-18(14(2)3)11-12-28(7)20(30)10-9-16(5)21(24)28/h8,14,18-25,27,30-32H,5,9-13H2,1-4,6-7H3/b15-8-/t18-,19+,20+,21+,22+,23+,24+,25+,27-,28-/m0/s1. The lowest BCUT2D eigenvalue weighted by molar-refractivity contribution is -0.328. The van der Waals surface area contributed by atoms with Crippen LogP contribution in [0.4, 0.5) is 0 Å². The molecule has 10 atom stereocenters. The second kappa shape index (κ2) is 11.9. The van der Waals surface area contributed by atoms with Gasteiger partial charge in [-0.3, -0.25) is 4.79 Å². The fourth-order valence-electron chi connectivity index (χ4n) is 6.18. The normalized spacial score (nSPS) is 40.8. The highest BCUT2D eigenvalue weighted by molar-refractivity contribution is 5.87. The summed E-state index contributed by atoms with van der Waals surface area (Å²) in [5, 5.41) is 33.0. The van der Waals surface area contributed by atoms with E-state index in [2.05, 4.69) is 27.4 Å². The monoisotopic (exact) mass is 524 g/mol. The second-order valence-corrected chi connectivity index (χ2v) is 11.4. The third-order valence-corrected chi connectivity index (χ3v) is 8.65. The fourth-order valence-corrected chi connectivity index (χ4v) is 6.18. The van der Waals surface area contributed by atoms with Gasteiger partial charge in [-0.1, -0.05) is 39.0 Å². The summed E-state index contributed by atoms with van der Waals surface area (Å²) < 4.78 is 23.2. The van der Waals surface area contributed by atoms with Crippen molar-refractivity contribution in [2.24, 2.45) is 23.2 Å². The summed E-state index contributed by atoms with van der Waals surface area (Å²) in [6.07, 6.45) is -3.05. The molecule has 9 nitrogen and oxygen atoms in total. The zero-order valence-corrected chi connectivity index (χ0v) is 22.9. The molecule has 0 unspecified atom stereocenters. The summed E-state index contributed by atoms with van der Waals surface area (Å²) in [6, 6.07) is 0. The number of ether oxygens (including phenoxy) is 4. The van der Waals surface area contributed by atoms with Gasteiger partial charge in [0.2, 0.25) is 0 Å². The fraction of sp³-hybridized carbons (Fsp3) is 0.786. The van der Waals surface area contributed by atoms with Crippen LogP contribution >= 0.6 is 0 Å². The van der Waals surface area contributed by atoms with Crippen molar-refractivity contribution >= 4 is 11.9 Å². The number of rotatable bonds is 7. The molecule has 1 heterocycles. The van der Waals surface area contributed by atoms with Gasteiger partial charge in [0.15, 0.2) is 12.4 Å². The van der Waals surface area contributed by atoms with Gasteiger partial charge in [-0.05, 0) is 51.4 Å². The molecule has 0 bridgehead atoms. The number of allylic oxidation sites excluding steroid dienone is 1. The van der Waals surface area contributed by atoms with E-state index in [0.717, 1.165) is 18.4 Å². The Hall–Kier alpha value is -1.78. The van der Waals surface area contributed by atoms with E-state index in [-0.39, 0.29) is 24.4 Å². The van der Waals surface area contributed by atoms with Gasteiger partial charge in [-0.25, -0.2) is 4.79 Å². The number of fused-ring (bicyclic) bond motifs is 1. The third kappa shape index (κ3) is 6.11. The number of aliphatic hydroxyl groups is 3. The minimum atomic E-state index is -1.54. The van der Waals surface area contributed by atoms with E-state index in [0.29, 0.717) is 18.4 Å². The zero-order chi connectivity index (χ0) is 27.7. The Morgan fingerprint density at radius 1 is 1.16 bits per heavy atom. The Bertz CT molecular complexity index is 883. The maximum atomic E-state index is 12.4. The predicted molar refractivity (Wildman–Crippen MR) is 135 cm³/mol. The topological polar surface area (TPSA) is 132 Å². The van der Waals surface area contributed by atoms with E-state index in [1.165, 1.54) is 6.92 Å². The first-order valence-corrected chi connectivity index (χ1v) is 13.3. The molecule has 0 aromatic carbocycles. The van der Waals surface area contributed by atoms with Crippen molar-refractivity contribution in [2.45, 2.75) is 110 Å². The van der Waals surface area contributed by atoms with Crippen LogP contribution in [0.1, 0.15) is 67.2 Å². The van der Waals surface area contributed by atoms with E-state index in [9.17, 15) is 24.9 Å². The van der Waals surface area contributed by atoms with Crippen molar-refractivity contribution in [3.05, 3.63) is 23.8 Å². The Morgan fingerprint density at radius 3 is 2.43 bits per heavy atom. The van der Waals surface area contributed by atoms with E-state index in [4.69, 9.17) is 18.9 Å². The number of carbonyl (C=O) groups excluding carboxylic acids is 2. The van der Waals surface area contributed by atoms with Crippen molar-refractivity contribution < 1.29 is 43.9 Å². The van der Waals surface area contributed by atoms with Crippen LogP contribution in [-0.2, 0) is 28.5 Å². The van der Waals surface area contributed by atoms with Gasteiger partial charge in [0.05, 0.1) is 12.2 Å². The van der Waals surface area contributed by atoms with Crippen molar-refractivity contribution in [3.63, 3.8) is 0 Å². The molecule has 3 fully saturated rings. The van der Waals surface area contributed by atoms with E-state index < -0.39 is 60.3 Å². The van der Waals surface area contributed by atoms with Crippen LogP contribution in [-0.4, -0.2) is 76.8 Å². The summed E-state index contributed by atoms with van der Waals surface area (Å²) in [5.74, 6) is -1.05. The Morgan fingerprint density at radius 2 is 1.84 bits per heavy atom. The molecule has 0 radical (unpaired) electrons. The molecule has 2 saturated carbocycles. The number of esters is 2. The Labute approximate surface area is 219 Å². The van der Waals surface area contributed by atoms with Gasteiger partial charge >= 0.3 is 11.9 Å². The van der Waals surface area contributed by atoms with E-state index in [1.54, 1.807) is 19.9 Å². The summed E-state index contributed by atoms with van der Waals surface area (Å²) in [4.78, 5) is 24.0. The van der Waals surface area contributed by atoms with Gasteiger partial charge in [-0.15, -0.1) is 0 Å². The minimum Gasteiger partial charge on any atom is -0.463 e. The SMILES string of the molecule is C=C1CC[C@@H](O)[C@]2(C)CC[C@@H](C(C)C)[C@@H](O[C@@H]3O[C@H](COC(C)=O)[C@@H](OC(=O)/C(C)=C\C)[C@H](O)[C@H]3O)[C@@H]12. The van der Waals surface area contributed by atoms with E-state index in [1.807, 2.05) is 0 Å². The zero-order valence-electron chi connectivity index (χ0n) is 22.9. The number of hydrogen-bond acceptors (Lipinski definition) is 9. The molecule has 1 aliphatic heterocycles. The summed E-state index contributed by atoms with van der Waals surface area (Å²) in [5.41, 5.74) is 0.893. The molecule has 3 aliphatic rings. The predicted octanol–water partition coefficient (Wildman–Crippen LogP) is 2.66. The molecule has 3 N–H and O–H groups in total. The van der Waals surface area contributed by atoms with Gasteiger partial charge in [-0.2, -0.15) is 0 Å². The van der Waals surface area contributed by atoms with Crippen molar-refractivity contribution in [3.8, 4) is 0 Å². The van der Waals surface area contributed by atoms with Crippen molar-refractivity contribution in [1.29, 1.82) is 0 Å². The highest BCUT2D eigenvalue weighted by Crippen LogP contribution is 2.56. The molecule has 37 heavy (non-hydrogen) atoms. The smallest absolute Gasteiger partial charge is 0.333 e. The lowest BCUT2D eigenvalue weighted by Gasteiger charge is -2.56. The van der Waals surface area contributed by atoms with Gasteiger partial charge < -0.3 is 34.3 Å². The van der Waals surface area contributed by atoms with Crippen LogP contribution in [0.2, 0.25) is 0 Å². The Kier molecular flexibility index (Phi) is 9.61. The number of hydrogen-bond donors (Lipinski definition) is 3. The molecule has 0 amide bonds. The van der Waals surface area contributed by atoms with Crippen LogP contribution in [0, 0.1) is 23.2 Å². The van der Waals surface area contributed by atoms with Crippen LogP contribution in [0.3, 0.4) is 0 Å². The van der Waals surface area contributed by atoms with Crippen molar-refractivity contribution in [1.82, 2.24) is 0 Å². The lowest BCUT2D eigenvalue weighted by atomic mass is 9.53. The van der Waals surface area contributed by atoms with Crippen molar-refractivity contribution in [2.75, 3.05) is 6.61 Å². The summed E-state index contributed by atoms with van der Waals surface area (Å²) in [7, 11) is 0. The van der Waals surface area contributed by atoms with E-state index >= 15 is 0 Å². The highest BCUT2D eigenvalue weighted by Gasteiger charge is 2.56. The Balaban J connectivity index is 1.90. The molecule has 0 aromatic rings. The number of carbonyl (C=O) groups is 2. The van der Waals surface area contributed by atoms with Crippen LogP contribution < -0.4 is 0 Å². The molecule has 210 valence electrons. The summed E-state index contributed by atoms with van der Waals surface area (Å²) >= 11 is 0. The summed E-state index contributed by atoms with van der Waals surface area (Å²) in [6.45, 7) is 14.8. The maximum Gasteiger partial charge on any atom is 0.333 e. The quantitative estimate of drug-likeness (QED) is 0.261. The molecule has 0 aromatic heterocycles. The third-order valence-electron chi connectivity index (χ3n) is 8.65. The maximum absolute atomic E-state index is 12.4. The first-order valence-electron chi connectivity index (χ1n) is 13.3. The van der Waals surface area contributed by atoms with Gasteiger partial charge in [0, 0.05) is 23.8 Å². The lowest BCUT2D eigenvalue weighted by Crippen LogP contribution is -2.63. The molecule has 3 rings (SSSR count). The minimum absolute atomic E-state index is 0.105. The van der Waals surface area contributed by atoms with Gasteiger partial charge in [0.1, 0.15) is 24.9 Å². The van der Waals surface area contributed by atoms with Crippen LogP contribution in [0.25, 0.3) is 0 Å². The largest absolute Gasteiger partial charge is 0.463 e. The molecule has 2 aliphatic carbocycles. The highest BCUT2D eigenvalue weighted by atomic mass is 16.7. The number of aliphatic hydroxyl groups excluding tert-OH is 3. The molecule has 1 saturated heterocycles. The molecule has 0 spiro atoms. The average Bonchev–Trinajstić information content (AvgIpc) is 2.84. The first-order chi connectivity index (χ1) is 17.3. The van der Waals surface area contributed by atoms with Crippen LogP contribution in [0.5, 0.6) is 0 Å².